The molecule has 0 saturated carbocycles. The molecule has 1 rings (SSSR count). The molecule has 0 bridgehead atoms. The lowest BCUT2D eigenvalue weighted by Crippen LogP contribution is -2.35. The highest BCUT2D eigenvalue weighted by atomic mass is 16.5. The van der Waals surface area contributed by atoms with Gasteiger partial charge in [0.1, 0.15) is 12.4 Å². The Morgan fingerprint density at radius 2 is 1.95 bits per heavy atom. The van der Waals surface area contributed by atoms with E-state index in [2.05, 4.69) is 56.1 Å². The van der Waals surface area contributed by atoms with E-state index in [0.717, 1.165) is 38.5 Å². The molecule has 120 valence electrons. The van der Waals surface area contributed by atoms with E-state index >= 15 is 0 Å². The largest absolute Gasteiger partial charge is 0.492 e. The first-order valence-electron chi connectivity index (χ1n) is 8.33. The van der Waals surface area contributed by atoms with Gasteiger partial charge in [-0.05, 0) is 57.5 Å². The van der Waals surface area contributed by atoms with Gasteiger partial charge in [0.05, 0.1) is 0 Å². The summed E-state index contributed by atoms with van der Waals surface area (Å²) in [6.45, 7) is 13.8. The average Bonchev–Trinajstić information content (AvgIpc) is 2.47. The van der Waals surface area contributed by atoms with Gasteiger partial charge >= 0.3 is 0 Å². The van der Waals surface area contributed by atoms with Crippen LogP contribution < -0.4 is 10.1 Å². The van der Waals surface area contributed by atoms with Gasteiger partial charge < -0.3 is 10.1 Å². The molecule has 0 aliphatic carbocycles. The monoisotopic (exact) mass is 292 g/mol. The van der Waals surface area contributed by atoms with Gasteiger partial charge in [-0.25, -0.2) is 0 Å². The summed E-state index contributed by atoms with van der Waals surface area (Å²) >= 11 is 0. The lowest BCUT2D eigenvalue weighted by atomic mass is 10.2. The van der Waals surface area contributed by atoms with Gasteiger partial charge in [0.25, 0.3) is 0 Å². The second kappa shape index (κ2) is 10.6. The van der Waals surface area contributed by atoms with E-state index in [1.807, 2.05) is 6.07 Å². The van der Waals surface area contributed by atoms with Crippen LogP contribution in [0.25, 0.3) is 0 Å². The average molecular weight is 292 g/mol. The zero-order valence-electron chi connectivity index (χ0n) is 14.2. The van der Waals surface area contributed by atoms with E-state index in [0.29, 0.717) is 6.04 Å². The molecule has 1 aromatic rings. The molecule has 0 spiro atoms. The van der Waals surface area contributed by atoms with Crippen molar-refractivity contribution in [3.8, 4) is 5.75 Å². The number of hydrogen-bond donors (Lipinski definition) is 1. The van der Waals surface area contributed by atoms with Gasteiger partial charge in [0.15, 0.2) is 0 Å². The van der Waals surface area contributed by atoms with Crippen LogP contribution in [0.5, 0.6) is 5.75 Å². The summed E-state index contributed by atoms with van der Waals surface area (Å²) in [5.74, 6) is 0.978. The SMILES string of the molecule is CCCNCc1cccc(OCCN(CCC)C(C)C)c1. The molecule has 21 heavy (non-hydrogen) atoms. The Kier molecular flexibility index (Phi) is 9.11. The van der Waals surface area contributed by atoms with E-state index in [9.17, 15) is 0 Å². The summed E-state index contributed by atoms with van der Waals surface area (Å²) in [5, 5.41) is 3.42. The zero-order chi connectivity index (χ0) is 15.5. The Morgan fingerprint density at radius 3 is 2.62 bits per heavy atom. The summed E-state index contributed by atoms with van der Waals surface area (Å²) in [4.78, 5) is 2.46. The molecular weight excluding hydrogens is 260 g/mol. The van der Waals surface area contributed by atoms with Crippen LogP contribution in [0.2, 0.25) is 0 Å². The Balaban J connectivity index is 2.38. The van der Waals surface area contributed by atoms with Gasteiger partial charge in [-0.1, -0.05) is 26.0 Å². The minimum Gasteiger partial charge on any atom is -0.492 e. The third kappa shape index (κ3) is 7.49. The first kappa shape index (κ1) is 18.0. The molecular formula is C18H32N2O. The fraction of sp³-hybridized carbons (Fsp3) is 0.667. The molecule has 0 amide bonds. The van der Waals surface area contributed by atoms with E-state index in [1.54, 1.807) is 0 Å². The Bertz CT molecular complexity index is 379. The second-order valence-corrected chi connectivity index (χ2v) is 5.80. The van der Waals surface area contributed by atoms with Crippen molar-refractivity contribution in [2.45, 2.75) is 53.1 Å². The molecule has 0 heterocycles. The van der Waals surface area contributed by atoms with Gasteiger partial charge in [-0.15, -0.1) is 0 Å². The van der Waals surface area contributed by atoms with Crippen molar-refractivity contribution in [1.82, 2.24) is 10.2 Å². The fourth-order valence-corrected chi connectivity index (χ4v) is 2.35. The van der Waals surface area contributed by atoms with Crippen LogP contribution in [0.3, 0.4) is 0 Å². The number of ether oxygens (including phenoxy) is 1. The fourth-order valence-electron chi connectivity index (χ4n) is 2.35. The van der Waals surface area contributed by atoms with Crippen LogP contribution in [-0.4, -0.2) is 37.2 Å². The molecule has 1 N–H and O–H groups in total. The van der Waals surface area contributed by atoms with Crippen molar-refractivity contribution in [3.63, 3.8) is 0 Å². The van der Waals surface area contributed by atoms with Crippen molar-refractivity contribution in [3.05, 3.63) is 29.8 Å². The summed E-state index contributed by atoms with van der Waals surface area (Å²) < 4.78 is 5.91. The topological polar surface area (TPSA) is 24.5 Å². The van der Waals surface area contributed by atoms with Gasteiger partial charge in [-0.3, -0.25) is 4.90 Å². The van der Waals surface area contributed by atoms with Crippen molar-refractivity contribution in [2.75, 3.05) is 26.2 Å². The lowest BCUT2D eigenvalue weighted by molar-refractivity contribution is 0.176. The first-order chi connectivity index (χ1) is 10.2. The third-order valence-corrected chi connectivity index (χ3v) is 3.54. The minimum atomic E-state index is 0.582. The highest BCUT2D eigenvalue weighted by Gasteiger charge is 2.08. The molecule has 0 unspecified atom stereocenters. The van der Waals surface area contributed by atoms with Crippen LogP contribution in [0.15, 0.2) is 24.3 Å². The minimum absolute atomic E-state index is 0.582. The predicted molar refractivity (Wildman–Crippen MR) is 90.9 cm³/mol. The summed E-state index contributed by atoms with van der Waals surface area (Å²) in [6, 6.07) is 8.99. The van der Waals surface area contributed by atoms with E-state index in [1.165, 1.54) is 18.4 Å². The van der Waals surface area contributed by atoms with Crippen molar-refractivity contribution in [2.24, 2.45) is 0 Å². The first-order valence-corrected chi connectivity index (χ1v) is 8.33. The van der Waals surface area contributed by atoms with Crippen LogP contribution >= 0.6 is 0 Å². The molecule has 3 nitrogen and oxygen atoms in total. The highest BCUT2D eigenvalue weighted by Crippen LogP contribution is 2.13. The van der Waals surface area contributed by atoms with Crippen LogP contribution in [-0.2, 0) is 6.54 Å². The number of hydrogen-bond acceptors (Lipinski definition) is 3. The molecule has 0 aliphatic heterocycles. The van der Waals surface area contributed by atoms with Crippen molar-refractivity contribution >= 4 is 0 Å². The van der Waals surface area contributed by atoms with E-state index < -0.39 is 0 Å². The maximum atomic E-state index is 5.91. The molecule has 0 aromatic heterocycles. The number of benzene rings is 1. The van der Waals surface area contributed by atoms with Gasteiger partial charge in [-0.2, -0.15) is 0 Å². The maximum absolute atomic E-state index is 5.91. The quantitative estimate of drug-likeness (QED) is 0.630. The summed E-state index contributed by atoms with van der Waals surface area (Å²) in [6.07, 6.45) is 2.36. The Morgan fingerprint density at radius 1 is 1.14 bits per heavy atom. The second-order valence-electron chi connectivity index (χ2n) is 5.80. The van der Waals surface area contributed by atoms with Crippen LogP contribution in [0, 0.1) is 0 Å². The summed E-state index contributed by atoms with van der Waals surface area (Å²) in [5.41, 5.74) is 1.29. The standard InChI is InChI=1S/C18H32N2O/c1-5-10-19-15-17-8-7-9-18(14-17)21-13-12-20(11-6-2)16(3)4/h7-9,14,16,19H,5-6,10-13,15H2,1-4H3. The predicted octanol–water partition coefficient (Wildman–Crippen LogP) is 3.69. The summed E-state index contributed by atoms with van der Waals surface area (Å²) in [7, 11) is 0. The third-order valence-electron chi connectivity index (χ3n) is 3.54. The van der Waals surface area contributed by atoms with E-state index in [4.69, 9.17) is 4.74 Å². The molecule has 0 fully saturated rings. The normalized spacial score (nSPS) is 11.3. The molecule has 1 aromatic carbocycles. The smallest absolute Gasteiger partial charge is 0.119 e. The Hall–Kier alpha value is -1.06. The molecule has 0 atom stereocenters. The highest BCUT2D eigenvalue weighted by molar-refractivity contribution is 5.28. The van der Waals surface area contributed by atoms with E-state index in [-0.39, 0.29) is 0 Å². The van der Waals surface area contributed by atoms with Crippen LogP contribution in [0.1, 0.15) is 46.1 Å². The van der Waals surface area contributed by atoms with Crippen molar-refractivity contribution in [1.29, 1.82) is 0 Å². The lowest BCUT2D eigenvalue weighted by Gasteiger charge is -2.25. The molecule has 3 heteroatoms. The van der Waals surface area contributed by atoms with Crippen LogP contribution in [0.4, 0.5) is 0 Å². The van der Waals surface area contributed by atoms with Crippen molar-refractivity contribution < 1.29 is 4.74 Å². The molecule has 0 aliphatic rings. The molecule has 0 saturated heterocycles. The maximum Gasteiger partial charge on any atom is 0.119 e. The molecule has 0 radical (unpaired) electrons. The zero-order valence-corrected chi connectivity index (χ0v) is 14.2. The van der Waals surface area contributed by atoms with Gasteiger partial charge in [0, 0.05) is 19.1 Å². The Labute approximate surface area is 130 Å². The number of rotatable bonds is 11. The number of nitrogens with zero attached hydrogens (tertiary/aromatic N) is 1. The van der Waals surface area contributed by atoms with Gasteiger partial charge in [0.2, 0.25) is 0 Å². The number of nitrogens with one attached hydrogen (secondary N) is 1.